The van der Waals surface area contributed by atoms with Gasteiger partial charge in [-0.1, -0.05) is 17.7 Å². The molecule has 0 saturated heterocycles. The molecule has 26 heavy (non-hydrogen) atoms. The van der Waals surface area contributed by atoms with Crippen LogP contribution in [0.3, 0.4) is 0 Å². The summed E-state index contributed by atoms with van der Waals surface area (Å²) in [6, 6.07) is 12.5. The predicted molar refractivity (Wildman–Crippen MR) is 101 cm³/mol. The molecule has 2 aromatic heterocycles. The Labute approximate surface area is 158 Å². The number of nitrogens with one attached hydrogen (secondary N) is 1. The monoisotopic (exact) mass is 384 g/mol. The molecule has 0 bridgehead atoms. The van der Waals surface area contributed by atoms with Crippen LogP contribution in [-0.2, 0) is 4.79 Å². The molecule has 3 rings (SSSR count). The van der Waals surface area contributed by atoms with Gasteiger partial charge in [-0.05, 0) is 42.6 Å². The van der Waals surface area contributed by atoms with Crippen molar-refractivity contribution in [3.63, 3.8) is 0 Å². The number of halogens is 1. The number of thiophene rings is 1. The van der Waals surface area contributed by atoms with Gasteiger partial charge in [0.2, 0.25) is 5.91 Å². The molecule has 130 valence electrons. The third-order valence-corrected chi connectivity index (χ3v) is 4.83. The number of anilines is 1. The van der Waals surface area contributed by atoms with Gasteiger partial charge in [-0.25, -0.2) is 4.68 Å². The lowest BCUT2D eigenvalue weighted by Crippen LogP contribution is -2.33. The van der Waals surface area contributed by atoms with E-state index in [-0.39, 0.29) is 11.1 Å². The summed E-state index contributed by atoms with van der Waals surface area (Å²) in [6.45, 7) is 1.57. The van der Waals surface area contributed by atoms with Crippen molar-refractivity contribution < 1.29 is 4.79 Å². The van der Waals surface area contributed by atoms with E-state index in [9.17, 15) is 9.59 Å². The number of benzene rings is 1. The second-order valence-electron chi connectivity index (χ2n) is 5.45. The summed E-state index contributed by atoms with van der Waals surface area (Å²) >= 11 is 7.42. The van der Waals surface area contributed by atoms with Crippen LogP contribution in [0.5, 0.6) is 0 Å². The first kappa shape index (κ1) is 17.9. The van der Waals surface area contributed by atoms with Gasteiger partial charge < -0.3 is 5.32 Å². The van der Waals surface area contributed by atoms with Gasteiger partial charge in [0.15, 0.2) is 0 Å². The summed E-state index contributed by atoms with van der Waals surface area (Å²) in [4.78, 5) is 25.6. The van der Waals surface area contributed by atoms with Crippen molar-refractivity contribution in [1.29, 1.82) is 5.26 Å². The summed E-state index contributed by atoms with van der Waals surface area (Å²) in [5.41, 5.74) is 0.793. The fourth-order valence-electron chi connectivity index (χ4n) is 2.32. The predicted octanol–water partition coefficient (Wildman–Crippen LogP) is 3.70. The molecule has 2 heterocycles. The van der Waals surface area contributed by atoms with Gasteiger partial charge in [-0.2, -0.15) is 10.4 Å². The molecule has 0 radical (unpaired) electrons. The SMILES string of the molecule is C[C@@H](C(=O)Nc1cc(Cl)ccc1C#N)n1nc(-c2cccs2)ccc1=O. The molecule has 1 amide bonds. The molecule has 0 saturated carbocycles. The van der Waals surface area contributed by atoms with E-state index in [1.54, 1.807) is 19.1 Å². The quantitative estimate of drug-likeness (QED) is 0.742. The summed E-state index contributed by atoms with van der Waals surface area (Å²) in [5, 5.41) is 18.4. The third kappa shape index (κ3) is 3.67. The van der Waals surface area contributed by atoms with E-state index in [0.29, 0.717) is 16.4 Å². The van der Waals surface area contributed by atoms with Crippen LogP contribution in [0.25, 0.3) is 10.6 Å². The van der Waals surface area contributed by atoms with Gasteiger partial charge in [-0.15, -0.1) is 11.3 Å². The fraction of sp³-hybridized carbons (Fsp3) is 0.111. The van der Waals surface area contributed by atoms with Crippen molar-refractivity contribution in [2.45, 2.75) is 13.0 Å². The number of nitrogens with zero attached hydrogens (tertiary/aromatic N) is 3. The molecule has 0 spiro atoms. The number of carbonyl (C=O) groups excluding carboxylic acids is 1. The van der Waals surface area contributed by atoms with E-state index in [4.69, 9.17) is 16.9 Å². The van der Waals surface area contributed by atoms with Crippen LogP contribution in [0.1, 0.15) is 18.5 Å². The highest BCUT2D eigenvalue weighted by Gasteiger charge is 2.19. The minimum Gasteiger partial charge on any atom is -0.323 e. The number of aromatic nitrogens is 2. The molecule has 1 aromatic carbocycles. The van der Waals surface area contributed by atoms with Crippen molar-refractivity contribution in [3.05, 3.63) is 68.8 Å². The van der Waals surface area contributed by atoms with Crippen LogP contribution in [0, 0.1) is 11.3 Å². The summed E-state index contributed by atoms with van der Waals surface area (Å²) in [6.07, 6.45) is 0. The fourth-order valence-corrected chi connectivity index (χ4v) is 3.19. The molecule has 3 aromatic rings. The van der Waals surface area contributed by atoms with Crippen LogP contribution in [0.2, 0.25) is 5.02 Å². The Morgan fingerprint density at radius 2 is 2.15 bits per heavy atom. The van der Waals surface area contributed by atoms with Crippen LogP contribution < -0.4 is 10.9 Å². The molecular formula is C18H13ClN4O2S. The highest BCUT2D eigenvalue weighted by molar-refractivity contribution is 7.13. The lowest BCUT2D eigenvalue weighted by atomic mass is 10.2. The first-order valence-electron chi connectivity index (χ1n) is 7.64. The van der Waals surface area contributed by atoms with E-state index >= 15 is 0 Å². The lowest BCUT2D eigenvalue weighted by Gasteiger charge is -2.15. The smallest absolute Gasteiger partial charge is 0.267 e. The Kier molecular flexibility index (Phi) is 5.16. The zero-order valence-corrected chi connectivity index (χ0v) is 15.2. The van der Waals surface area contributed by atoms with Gasteiger partial charge in [0.25, 0.3) is 5.56 Å². The number of rotatable bonds is 4. The molecule has 1 N–H and O–H groups in total. The zero-order valence-electron chi connectivity index (χ0n) is 13.6. The van der Waals surface area contributed by atoms with Gasteiger partial charge in [0.05, 0.1) is 16.1 Å². The van der Waals surface area contributed by atoms with Crippen molar-refractivity contribution >= 4 is 34.5 Å². The van der Waals surface area contributed by atoms with Gasteiger partial charge in [-0.3, -0.25) is 9.59 Å². The number of hydrogen-bond donors (Lipinski definition) is 1. The summed E-state index contributed by atoms with van der Waals surface area (Å²) < 4.78 is 1.13. The van der Waals surface area contributed by atoms with Gasteiger partial charge >= 0.3 is 0 Å². The van der Waals surface area contributed by atoms with E-state index in [2.05, 4.69) is 10.4 Å². The highest BCUT2D eigenvalue weighted by Crippen LogP contribution is 2.23. The molecule has 0 fully saturated rings. The van der Waals surface area contributed by atoms with E-state index in [0.717, 1.165) is 9.56 Å². The number of nitriles is 1. The molecule has 0 aliphatic carbocycles. The van der Waals surface area contributed by atoms with Crippen molar-refractivity contribution in [1.82, 2.24) is 9.78 Å². The molecule has 8 heteroatoms. The van der Waals surface area contributed by atoms with Gasteiger partial charge in [0.1, 0.15) is 17.8 Å². The topological polar surface area (TPSA) is 87.8 Å². The average Bonchev–Trinajstić information content (AvgIpc) is 3.16. The second kappa shape index (κ2) is 7.52. The second-order valence-corrected chi connectivity index (χ2v) is 6.83. The van der Waals surface area contributed by atoms with E-state index in [1.165, 1.54) is 29.5 Å². The standard InChI is InChI=1S/C18H13ClN4O2S/c1-11(18(25)21-15-9-13(19)5-4-12(15)10-20)23-17(24)7-6-14(22-23)16-3-2-8-26-16/h2-9,11H,1H3,(H,21,25)/t11-/m0/s1. The maximum atomic E-state index is 12.6. The maximum absolute atomic E-state index is 12.6. The van der Waals surface area contributed by atoms with Crippen molar-refractivity contribution in [2.24, 2.45) is 0 Å². The molecule has 0 aliphatic heterocycles. The van der Waals surface area contributed by atoms with E-state index < -0.39 is 11.9 Å². The highest BCUT2D eigenvalue weighted by atomic mass is 35.5. The van der Waals surface area contributed by atoms with Crippen LogP contribution >= 0.6 is 22.9 Å². The Bertz CT molecular complexity index is 1050. The summed E-state index contributed by atoms with van der Waals surface area (Å²) in [5.74, 6) is -0.471. The largest absolute Gasteiger partial charge is 0.323 e. The van der Waals surface area contributed by atoms with Gasteiger partial charge in [0, 0.05) is 11.1 Å². The molecule has 6 nitrogen and oxygen atoms in total. The third-order valence-electron chi connectivity index (χ3n) is 3.70. The maximum Gasteiger partial charge on any atom is 0.267 e. The first-order chi connectivity index (χ1) is 12.5. The van der Waals surface area contributed by atoms with Crippen LogP contribution in [0.4, 0.5) is 5.69 Å². The molecule has 0 unspecified atom stereocenters. The van der Waals surface area contributed by atoms with Crippen molar-refractivity contribution in [3.8, 4) is 16.6 Å². The van der Waals surface area contributed by atoms with Crippen LogP contribution in [-0.4, -0.2) is 15.7 Å². The zero-order chi connectivity index (χ0) is 18.7. The van der Waals surface area contributed by atoms with E-state index in [1.807, 2.05) is 23.6 Å². The van der Waals surface area contributed by atoms with Crippen LogP contribution in [0.15, 0.2) is 52.6 Å². The number of amides is 1. The minimum atomic E-state index is -0.868. The Balaban J connectivity index is 1.90. The first-order valence-corrected chi connectivity index (χ1v) is 8.89. The summed E-state index contributed by atoms with van der Waals surface area (Å²) in [7, 11) is 0. The lowest BCUT2D eigenvalue weighted by molar-refractivity contribution is -0.119. The molecule has 1 atom stereocenters. The number of carbonyl (C=O) groups is 1. The Morgan fingerprint density at radius 3 is 2.85 bits per heavy atom. The number of hydrogen-bond acceptors (Lipinski definition) is 5. The average molecular weight is 385 g/mol. The minimum absolute atomic E-state index is 0.280. The molecule has 0 aliphatic rings. The Hall–Kier alpha value is -2.95. The molecular weight excluding hydrogens is 372 g/mol. The normalized spacial score (nSPS) is 11.6. The van der Waals surface area contributed by atoms with Crippen molar-refractivity contribution in [2.75, 3.05) is 5.32 Å². The Morgan fingerprint density at radius 1 is 1.35 bits per heavy atom.